The van der Waals surface area contributed by atoms with E-state index in [4.69, 9.17) is 9.47 Å². The molecular weight excluding hydrogens is 406 g/mol. The average Bonchev–Trinajstić information content (AvgIpc) is 2.72. The summed E-state index contributed by atoms with van der Waals surface area (Å²) in [5.41, 5.74) is 3.32. The first-order valence-corrected chi connectivity index (χ1v) is 11.1. The van der Waals surface area contributed by atoms with Crippen LogP contribution in [0.3, 0.4) is 0 Å². The fourth-order valence-corrected chi connectivity index (χ4v) is 5.08. The van der Waals surface area contributed by atoms with E-state index in [1.807, 2.05) is 32.9 Å². The third kappa shape index (κ3) is 4.77. The van der Waals surface area contributed by atoms with Gasteiger partial charge < -0.3 is 9.47 Å². The summed E-state index contributed by atoms with van der Waals surface area (Å²) in [6, 6.07) is 9.48. The number of rotatable bonds is 6. The second-order valence-electron chi connectivity index (χ2n) is 7.32. The Bertz CT molecular complexity index is 1050. The van der Waals surface area contributed by atoms with Crippen molar-refractivity contribution < 1.29 is 27.5 Å². The summed E-state index contributed by atoms with van der Waals surface area (Å²) in [6.07, 6.45) is 0. The van der Waals surface area contributed by atoms with Gasteiger partial charge in [-0.15, -0.1) is 0 Å². The molecule has 1 heterocycles. The smallest absolute Gasteiger partial charge is 0.338 e. The lowest BCUT2D eigenvalue weighted by Gasteiger charge is -2.26. The highest BCUT2D eigenvalue weighted by Gasteiger charge is 2.27. The molecule has 1 aliphatic rings. The molecule has 0 aromatic heterocycles. The van der Waals surface area contributed by atoms with Gasteiger partial charge in [-0.2, -0.15) is 4.31 Å². The summed E-state index contributed by atoms with van der Waals surface area (Å²) in [6.45, 7) is 6.42. The Morgan fingerprint density at radius 1 is 1.03 bits per heavy atom. The van der Waals surface area contributed by atoms with Gasteiger partial charge in [0.05, 0.1) is 23.7 Å². The number of carbonyl (C=O) groups excluding carboxylic acids is 2. The van der Waals surface area contributed by atoms with E-state index < -0.39 is 22.6 Å². The third-order valence-electron chi connectivity index (χ3n) is 4.97. The Labute approximate surface area is 176 Å². The van der Waals surface area contributed by atoms with Crippen molar-refractivity contribution in [3.8, 4) is 0 Å². The average molecular weight is 432 g/mol. The van der Waals surface area contributed by atoms with Gasteiger partial charge in [0.2, 0.25) is 15.8 Å². The van der Waals surface area contributed by atoms with Gasteiger partial charge in [-0.3, -0.25) is 4.79 Å². The number of Topliss-reactive ketones (excluding diaryl/α,β-unsaturated/α-hetero) is 1. The van der Waals surface area contributed by atoms with Crippen molar-refractivity contribution in [2.75, 3.05) is 32.9 Å². The number of sulfonamides is 1. The van der Waals surface area contributed by atoms with Crippen LogP contribution in [0.1, 0.15) is 37.4 Å². The summed E-state index contributed by atoms with van der Waals surface area (Å²) in [4.78, 5) is 25.0. The molecule has 160 valence electrons. The number of carbonyl (C=O) groups is 2. The maximum absolute atomic E-state index is 12.8. The zero-order valence-corrected chi connectivity index (χ0v) is 18.1. The number of aryl methyl sites for hydroxylation is 3. The van der Waals surface area contributed by atoms with Gasteiger partial charge in [-0.05, 0) is 50.1 Å². The molecule has 0 N–H and O–H groups in total. The molecule has 2 aromatic carbocycles. The quantitative estimate of drug-likeness (QED) is 0.516. The van der Waals surface area contributed by atoms with E-state index in [-0.39, 0.29) is 29.3 Å². The molecule has 1 saturated heterocycles. The number of benzene rings is 2. The molecule has 0 unspecified atom stereocenters. The number of nitrogens with zero attached hydrogens (tertiary/aromatic N) is 1. The summed E-state index contributed by atoms with van der Waals surface area (Å²) >= 11 is 0. The van der Waals surface area contributed by atoms with Gasteiger partial charge >= 0.3 is 5.97 Å². The van der Waals surface area contributed by atoms with E-state index in [1.54, 1.807) is 0 Å². The maximum Gasteiger partial charge on any atom is 0.338 e. The number of ether oxygens (including phenoxy) is 2. The molecule has 0 amide bonds. The minimum atomic E-state index is -3.73. The van der Waals surface area contributed by atoms with Crippen LogP contribution < -0.4 is 0 Å². The highest BCUT2D eigenvalue weighted by Crippen LogP contribution is 2.20. The molecule has 0 saturated carbocycles. The second-order valence-corrected chi connectivity index (χ2v) is 9.26. The molecule has 0 radical (unpaired) electrons. The molecule has 3 rings (SSSR count). The topological polar surface area (TPSA) is 90.0 Å². The summed E-state index contributed by atoms with van der Waals surface area (Å²) in [5, 5.41) is 0. The molecule has 0 atom stereocenters. The monoisotopic (exact) mass is 431 g/mol. The van der Waals surface area contributed by atoms with Crippen molar-refractivity contribution in [2.45, 2.75) is 25.7 Å². The van der Waals surface area contributed by atoms with Gasteiger partial charge in [0.1, 0.15) is 0 Å². The molecule has 0 aliphatic carbocycles. The number of hydrogen-bond donors (Lipinski definition) is 0. The lowest BCUT2D eigenvalue weighted by Crippen LogP contribution is -2.40. The van der Waals surface area contributed by atoms with Gasteiger partial charge in [0.25, 0.3) is 0 Å². The van der Waals surface area contributed by atoms with Crippen molar-refractivity contribution >= 4 is 21.8 Å². The first kappa shape index (κ1) is 22.1. The Balaban J connectivity index is 1.72. The highest BCUT2D eigenvalue weighted by molar-refractivity contribution is 7.89. The number of morpholine rings is 1. The van der Waals surface area contributed by atoms with Gasteiger partial charge in [0.15, 0.2) is 6.61 Å². The van der Waals surface area contributed by atoms with Gasteiger partial charge in [0, 0.05) is 18.7 Å². The van der Waals surface area contributed by atoms with E-state index in [0.29, 0.717) is 18.8 Å². The van der Waals surface area contributed by atoms with Crippen LogP contribution in [0, 0.1) is 20.8 Å². The molecule has 0 bridgehead atoms. The van der Waals surface area contributed by atoms with Crippen LogP contribution in [0.15, 0.2) is 41.3 Å². The summed E-state index contributed by atoms with van der Waals surface area (Å²) < 4.78 is 37.3. The normalized spacial score (nSPS) is 15.0. The van der Waals surface area contributed by atoms with Crippen LogP contribution in [0.25, 0.3) is 0 Å². The summed E-state index contributed by atoms with van der Waals surface area (Å²) in [5.74, 6) is -1.04. The lowest BCUT2D eigenvalue weighted by molar-refractivity contribution is 0.0474. The fourth-order valence-electron chi connectivity index (χ4n) is 3.63. The second kappa shape index (κ2) is 9.07. The Morgan fingerprint density at radius 2 is 1.67 bits per heavy atom. The number of ketones is 1. The molecule has 0 spiro atoms. The van der Waals surface area contributed by atoms with Crippen LogP contribution in [-0.2, 0) is 19.5 Å². The van der Waals surface area contributed by atoms with Crippen molar-refractivity contribution in [2.24, 2.45) is 0 Å². The zero-order valence-electron chi connectivity index (χ0n) is 17.3. The Kier molecular flexibility index (Phi) is 6.70. The number of hydrogen-bond acceptors (Lipinski definition) is 6. The van der Waals surface area contributed by atoms with Crippen LogP contribution in [0.2, 0.25) is 0 Å². The van der Waals surface area contributed by atoms with Gasteiger partial charge in [-0.25, -0.2) is 13.2 Å². The van der Waals surface area contributed by atoms with Crippen LogP contribution in [0.4, 0.5) is 0 Å². The van der Waals surface area contributed by atoms with Crippen molar-refractivity contribution in [3.05, 3.63) is 64.2 Å². The fraction of sp³-hybridized carbons (Fsp3) is 0.364. The molecule has 2 aromatic rings. The molecular formula is C22H25NO6S. The zero-order chi connectivity index (χ0) is 21.9. The Morgan fingerprint density at radius 3 is 2.30 bits per heavy atom. The lowest BCUT2D eigenvalue weighted by atomic mass is 9.97. The third-order valence-corrected chi connectivity index (χ3v) is 6.86. The van der Waals surface area contributed by atoms with Crippen molar-refractivity contribution in [1.82, 2.24) is 4.31 Å². The van der Waals surface area contributed by atoms with Gasteiger partial charge in [-0.1, -0.05) is 23.8 Å². The Hall–Kier alpha value is -2.55. The molecule has 8 heteroatoms. The first-order chi connectivity index (χ1) is 14.2. The molecule has 7 nitrogen and oxygen atoms in total. The minimum absolute atomic E-state index is 0.00963. The predicted octanol–water partition coefficient (Wildman–Crippen LogP) is 2.67. The number of esters is 1. The van der Waals surface area contributed by atoms with Crippen molar-refractivity contribution in [1.29, 1.82) is 0 Å². The van der Waals surface area contributed by atoms with E-state index in [2.05, 4.69) is 0 Å². The first-order valence-electron chi connectivity index (χ1n) is 9.66. The van der Waals surface area contributed by atoms with Crippen LogP contribution in [0.5, 0.6) is 0 Å². The molecule has 30 heavy (non-hydrogen) atoms. The van der Waals surface area contributed by atoms with Crippen LogP contribution in [-0.4, -0.2) is 57.4 Å². The van der Waals surface area contributed by atoms with E-state index >= 15 is 0 Å². The van der Waals surface area contributed by atoms with Crippen molar-refractivity contribution in [3.63, 3.8) is 0 Å². The standard InChI is InChI=1S/C22H25NO6S/c1-15-11-16(2)21(17(3)12-15)20(24)14-29-22(25)18-5-4-6-19(13-18)30(26,27)23-7-9-28-10-8-23/h4-6,11-13H,7-10,14H2,1-3H3. The molecule has 1 fully saturated rings. The predicted molar refractivity (Wildman–Crippen MR) is 111 cm³/mol. The van der Waals surface area contributed by atoms with E-state index in [0.717, 1.165) is 16.7 Å². The van der Waals surface area contributed by atoms with E-state index in [1.165, 1.54) is 28.6 Å². The maximum atomic E-state index is 12.8. The SMILES string of the molecule is Cc1cc(C)c(C(=O)COC(=O)c2cccc(S(=O)(=O)N3CCOCC3)c2)c(C)c1. The largest absolute Gasteiger partial charge is 0.454 e. The van der Waals surface area contributed by atoms with E-state index in [9.17, 15) is 18.0 Å². The summed E-state index contributed by atoms with van der Waals surface area (Å²) in [7, 11) is -3.73. The molecule has 1 aliphatic heterocycles. The van der Waals surface area contributed by atoms with Crippen LogP contribution >= 0.6 is 0 Å². The highest BCUT2D eigenvalue weighted by atomic mass is 32.2. The minimum Gasteiger partial charge on any atom is -0.454 e.